The van der Waals surface area contributed by atoms with Crippen LogP contribution in [0.2, 0.25) is 0 Å². The van der Waals surface area contributed by atoms with Crippen molar-refractivity contribution in [3.63, 3.8) is 0 Å². The minimum atomic E-state index is -0.651. The number of anilines is 1. The standard InChI is InChI=1S/C8H8N2O4.C2H6/c1-14-8(11)5-2-3-6(9)7(4-5)10(12)13;1-2/h2-4H,9H2,1H3;1-2H3. The maximum atomic E-state index is 11.0. The first-order chi connectivity index (χ1) is 7.56. The Morgan fingerprint density at radius 3 is 2.44 bits per heavy atom. The van der Waals surface area contributed by atoms with Crippen LogP contribution in [0.25, 0.3) is 0 Å². The highest BCUT2D eigenvalue weighted by Gasteiger charge is 2.15. The summed E-state index contributed by atoms with van der Waals surface area (Å²) in [6.45, 7) is 4.00. The van der Waals surface area contributed by atoms with Gasteiger partial charge in [-0.3, -0.25) is 10.1 Å². The average molecular weight is 226 g/mol. The Morgan fingerprint density at radius 2 is 2.00 bits per heavy atom. The second-order valence-electron chi connectivity index (χ2n) is 2.52. The lowest BCUT2D eigenvalue weighted by Gasteiger charge is -2.00. The van der Waals surface area contributed by atoms with Crippen molar-refractivity contribution in [3.8, 4) is 0 Å². The lowest BCUT2D eigenvalue weighted by molar-refractivity contribution is -0.383. The van der Waals surface area contributed by atoms with E-state index in [9.17, 15) is 14.9 Å². The zero-order chi connectivity index (χ0) is 12.7. The monoisotopic (exact) mass is 226 g/mol. The fraction of sp³-hybridized carbons (Fsp3) is 0.300. The molecule has 16 heavy (non-hydrogen) atoms. The number of nitrogen functional groups attached to an aromatic ring is 1. The predicted molar refractivity (Wildman–Crippen MR) is 60.2 cm³/mol. The number of ether oxygens (including phenoxy) is 1. The van der Waals surface area contributed by atoms with Crippen molar-refractivity contribution in [1.82, 2.24) is 0 Å². The van der Waals surface area contributed by atoms with Crippen LogP contribution in [0, 0.1) is 10.1 Å². The van der Waals surface area contributed by atoms with Gasteiger partial charge in [-0.1, -0.05) is 13.8 Å². The van der Waals surface area contributed by atoms with E-state index in [1.807, 2.05) is 13.8 Å². The van der Waals surface area contributed by atoms with Crippen LogP contribution in [0.4, 0.5) is 11.4 Å². The summed E-state index contributed by atoms with van der Waals surface area (Å²) in [5.41, 5.74) is 5.16. The van der Waals surface area contributed by atoms with Crippen LogP contribution in [0.15, 0.2) is 18.2 Å². The predicted octanol–water partition coefficient (Wildman–Crippen LogP) is 1.99. The largest absolute Gasteiger partial charge is 0.465 e. The van der Waals surface area contributed by atoms with Gasteiger partial charge in [0.1, 0.15) is 5.69 Å². The topological polar surface area (TPSA) is 95.5 Å². The number of carbonyl (C=O) groups excluding carboxylic acids is 1. The van der Waals surface area contributed by atoms with E-state index in [0.29, 0.717) is 0 Å². The third-order valence-electron chi connectivity index (χ3n) is 1.65. The minimum Gasteiger partial charge on any atom is -0.465 e. The Balaban J connectivity index is 0.00000106. The van der Waals surface area contributed by atoms with Gasteiger partial charge in [-0.15, -0.1) is 0 Å². The molecular weight excluding hydrogens is 212 g/mol. The molecule has 0 aliphatic carbocycles. The van der Waals surface area contributed by atoms with Crippen molar-refractivity contribution in [2.45, 2.75) is 13.8 Å². The highest BCUT2D eigenvalue weighted by atomic mass is 16.6. The van der Waals surface area contributed by atoms with Crippen molar-refractivity contribution in [2.75, 3.05) is 12.8 Å². The lowest BCUT2D eigenvalue weighted by Crippen LogP contribution is -2.03. The molecule has 0 heterocycles. The van der Waals surface area contributed by atoms with E-state index in [1.54, 1.807) is 0 Å². The maximum Gasteiger partial charge on any atom is 0.338 e. The summed E-state index contributed by atoms with van der Waals surface area (Å²) in [5.74, 6) is -0.631. The molecule has 0 spiro atoms. The molecule has 0 radical (unpaired) electrons. The summed E-state index contributed by atoms with van der Waals surface area (Å²) in [6.07, 6.45) is 0. The zero-order valence-corrected chi connectivity index (χ0v) is 9.39. The Labute approximate surface area is 93.2 Å². The van der Waals surface area contributed by atoms with Gasteiger partial charge in [-0.25, -0.2) is 4.79 Å². The van der Waals surface area contributed by atoms with Gasteiger partial charge in [0.25, 0.3) is 5.69 Å². The molecule has 6 heteroatoms. The van der Waals surface area contributed by atoms with Crippen LogP contribution in [0.3, 0.4) is 0 Å². The first-order valence-electron chi connectivity index (χ1n) is 4.68. The van der Waals surface area contributed by atoms with Crippen LogP contribution >= 0.6 is 0 Å². The number of hydrogen-bond donors (Lipinski definition) is 1. The Bertz CT molecular complexity index is 390. The van der Waals surface area contributed by atoms with Crippen molar-refractivity contribution in [1.29, 1.82) is 0 Å². The number of nitro groups is 1. The molecule has 0 saturated heterocycles. The van der Waals surface area contributed by atoms with E-state index in [0.717, 1.165) is 6.07 Å². The molecule has 0 unspecified atom stereocenters. The average Bonchev–Trinajstić information content (AvgIpc) is 2.31. The lowest BCUT2D eigenvalue weighted by atomic mass is 10.2. The molecular formula is C10H14N2O4. The smallest absolute Gasteiger partial charge is 0.338 e. The SMILES string of the molecule is CC.COC(=O)c1ccc(N)c([N+](=O)[O-])c1. The van der Waals surface area contributed by atoms with Gasteiger partial charge < -0.3 is 10.5 Å². The number of carbonyl (C=O) groups is 1. The van der Waals surface area contributed by atoms with Gasteiger partial charge in [0.05, 0.1) is 17.6 Å². The first kappa shape index (κ1) is 13.9. The number of nitrogens with two attached hydrogens (primary N) is 1. The molecule has 6 nitrogen and oxygen atoms in total. The number of hydrogen-bond acceptors (Lipinski definition) is 5. The fourth-order valence-corrected chi connectivity index (χ4v) is 0.947. The first-order valence-corrected chi connectivity index (χ1v) is 4.68. The van der Waals surface area contributed by atoms with Crippen LogP contribution in [-0.2, 0) is 4.74 Å². The summed E-state index contributed by atoms with van der Waals surface area (Å²) in [6, 6.07) is 3.75. The number of nitrogens with zero attached hydrogens (tertiary/aromatic N) is 1. The Hall–Kier alpha value is -2.11. The molecule has 0 aromatic heterocycles. The zero-order valence-electron chi connectivity index (χ0n) is 9.39. The van der Waals surface area contributed by atoms with Gasteiger partial charge >= 0.3 is 5.97 Å². The highest BCUT2D eigenvalue weighted by Crippen LogP contribution is 2.22. The maximum absolute atomic E-state index is 11.0. The van der Waals surface area contributed by atoms with Crippen molar-refractivity contribution >= 4 is 17.3 Å². The normalized spacial score (nSPS) is 8.69. The van der Waals surface area contributed by atoms with E-state index in [1.165, 1.54) is 19.2 Å². The molecule has 1 aromatic rings. The van der Waals surface area contributed by atoms with E-state index in [4.69, 9.17) is 5.73 Å². The van der Waals surface area contributed by atoms with Crippen molar-refractivity contribution in [3.05, 3.63) is 33.9 Å². The second-order valence-corrected chi connectivity index (χ2v) is 2.52. The summed E-state index contributed by atoms with van der Waals surface area (Å²) >= 11 is 0. The van der Waals surface area contributed by atoms with E-state index >= 15 is 0 Å². The Morgan fingerprint density at radius 1 is 1.44 bits per heavy atom. The number of esters is 1. The molecule has 0 aliphatic rings. The quantitative estimate of drug-likeness (QED) is 0.360. The van der Waals surface area contributed by atoms with E-state index in [-0.39, 0.29) is 16.9 Å². The fourth-order valence-electron chi connectivity index (χ4n) is 0.947. The van der Waals surface area contributed by atoms with Crippen LogP contribution < -0.4 is 5.73 Å². The molecule has 0 fully saturated rings. The molecule has 1 rings (SSSR count). The number of rotatable bonds is 2. The van der Waals surface area contributed by atoms with E-state index in [2.05, 4.69) is 4.74 Å². The van der Waals surface area contributed by atoms with Gasteiger partial charge in [0.2, 0.25) is 0 Å². The molecule has 2 N–H and O–H groups in total. The van der Waals surface area contributed by atoms with Crippen molar-refractivity contribution in [2.24, 2.45) is 0 Å². The molecule has 0 bridgehead atoms. The van der Waals surface area contributed by atoms with Crippen LogP contribution in [0.5, 0.6) is 0 Å². The molecule has 88 valence electrons. The summed E-state index contributed by atoms with van der Waals surface area (Å²) in [7, 11) is 1.20. The summed E-state index contributed by atoms with van der Waals surface area (Å²) in [4.78, 5) is 20.8. The Kier molecular flexibility index (Phi) is 5.55. The molecule has 0 amide bonds. The molecule has 0 atom stereocenters. The van der Waals surface area contributed by atoms with Gasteiger partial charge in [0, 0.05) is 6.07 Å². The van der Waals surface area contributed by atoms with Gasteiger partial charge in [-0.2, -0.15) is 0 Å². The second kappa shape index (κ2) is 6.39. The highest BCUT2D eigenvalue weighted by molar-refractivity contribution is 5.91. The molecule has 1 aromatic carbocycles. The van der Waals surface area contributed by atoms with Crippen LogP contribution in [0.1, 0.15) is 24.2 Å². The number of methoxy groups -OCH3 is 1. The summed E-state index contributed by atoms with van der Waals surface area (Å²) in [5, 5.41) is 10.5. The van der Waals surface area contributed by atoms with Gasteiger partial charge in [-0.05, 0) is 12.1 Å². The third-order valence-corrected chi connectivity index (χ3v) is 1.65. The summed E-state index contributed by atoms with van der Waals surface area (Å²) < 4.78 is 4.41. The van der Waals surface area contributed by atoms with Crippen LogP contribution in [-0.4, -0.2) is 18.0 Å². The molecule has 0 aliphatic heterocycles. The third kappa shape index (κ3) is 3.23. The molecule has 0 saturated carbocycles. The minimum absolute atomic E-state index is 0.0163. The number of benzene rings is 1. The van der Waals surface area contributed by atoms with E-state index < -0.39 is 10.9 Å². The van der Waals surface area contributed by atoms with Crippen molar-refractivity contribution < 1.29 is 14.5 Å². The van der Waals surface area contributed by atoms with Gasteiger partial charge in [0.15, 0.2) is 0 Å². The number of nitro benzene ring substituents is 1.